The van der Waals surface area contributed by atoms with Crippen LogP contribution in [-0.2, 0) is 11.3 Å². The van der Waals surface area contributed by atoms with E-state index in [-0.39, 0.29) is 17.9 Å². The molecule has 32 heavy (non-hydrogen) atoms. The second kappa shape index (κ2) is 10.3. The van der Waals surface area contributed by atoms with Crippen LogP contribution in [0, 0.1) is 19.8 Å². The molecule has 5 heteroatoms. The van der Waals surface area contributed by atoms with Crippen LogP contribution in [0.2, 0.25) is 0 Å². The monoisotopic (exact) mass is 433 g/mol. The van der Waals surface area contributed by atoms with E-state index >= 15 is 0 Å². The van der Waals surface area contributed by atoms with Gasteiger partial charge in [0.25, 0.3) is 5.91 Å². The Bertz CT molecular complexity index is 943. The Balaban J connectivity index is 1.40. The molecule has 2 aromatic rings. The zero-order valence-corrected chi connectivity index (χ0v) is 19.3. The second-order valence-corrected chi connectivity index (χ2v) is 9.34. The first-order valence-electron chi connectivity index (χ1n) is 11.9. The largest absolute Gasteiger partial charge is 0.351 e. The SMILES string of the molecule is Cc1cccc(CNC(=O)C(C2CCCC2)N2CCN(C(=O)c3ccccc3C)CC2)c1. The molecule has 1 saturated heterocycles. The molecule has 1 aliphatic carbocycles. The van der Waals surface area contributed by atoms with Crippen molar-refractivity contribution in [3.05, 3.63) is 70.8 Å². The Morgan fingerprint density at radius 1 is 0.969 bits per heavy atom. The summed E-state index contributed by atoms with van der Waals surface area (Å²) in [5.74, 6) is 0.646. The number of aryl methyl sites for hydroxylation is 2. The van der Waals surface area contributed by atoms with E-state index in [0.29, 0.717) is 25.6 Å². The van der Waals surface area contributed by atoms with Gasteiger partial charge in [0.2, 0.25) is 5.91 Å². The third kappa shape index (κ3) is 5.21. The predicted molar refractivity (Wildman–Crippen MR) is 127 cm³/mol. The molecule has 1 aliphatic heterocycles. The Labute approximate surface area is 191 Å². The van der Waals surface area contributed by atoms with E-state index in [9.17, 15) is 9.59 Å². The first-order chi connectivity index (χ1) is 15.5. The lowest BCUT2D eigenvalue weighted by atomic mass is 9.94. The standard InChI is InChI=1S/C27H35N3O2/c1-20-8-7-10-22(18-20)19-28-26(31)25(23-11-4-5-12-23)29-14-16-30(17-15-29)27(32)24-13-6-3-9-21(24)2/h3,6-10,13,18,23,25H,4-5,11-12,14-17,19H2,1-2H3,(H,28,31). The molecule has 170 valence electrons. The van der Waals surface area contributed by atoms with Crippen molar-refractivity contribution in [1.82, 2.24) is 15.1 Å². The first kappa shape index (κ1) is 22.5. The average molecular weight is 434 g/mol. The zero-order valence-electron chi connectivity index (χ0n) is 19.3. The highest BCUT2D eigenvalue weighted by Crippen LogP contribution is 2.31. The summed E-state index contributed by atoms with van der Waals surface area (Å²) in [7, 11) is 0. The van der Waals surface area contributed by atoms with Crippen molar-refractivity contribution in [3.8, 4) is 0 Å². The fourth-order valence-electron chi connectivity index (χ4n) is 5.25. The highest BCUT2D eigenvalue weighted by atomic mass is 16.2. The maximum atomic E-state index is 13.3. The van der Waals surface area contributed by atoms with Crippen molar-refractivity contribution in [2.45, 2.75) is 52.1 Å². The van der Waals surface area contributed by atoms with Gasteiger partial charge in [0.15, 0.2) is 0 Å². The number of amides is 2. The Kier molecular flexibility index (Phi) is 7.26. The summed E-state index contributed by atoms with van der Waals surface area (Å²) in [6, 6.07) is 16.0. The van der Waals surface area contributed by atoms with E-state index in [1.807, 2.05) is 42.2 Å². The minimum Gasteiger partial charge on any atom is -0.351 e. The van der Waals surface area contributed by atoms with Crippen molar-refractivity contribution in [3.63, 3.8) is 0 Å². The van der Waals surface area contributed by atoms with Crippen LogP contribution in [-0.4, -0.2) is 53.8 Å². The molecule has 2 fully saturated rings. The summed E-state index contributed by atoms with van der Waals surface area (Å²) >= 11 is 0. The highest BCUT2D eigenvalue weighted by molar-refractivity contribution is 5.95. The van der Waals surface area contributed by atoms with Crippen LogP contribution in [0.5, 0.6) is 0 Å². The van der Waals surface area contributed by atoms with E-state index in [1.54, 1.807) is 0 Å². The molecule has 2 amide bonds. The highest BCUT2D eigenvalue weighted by Gasteiger charge is 2.37. The summed E-state index contributed by atoms with van der Waals surface area (Å²) in [6.07, 6.45) is 4.64. The third-order valence-corrected chi connectivity index (χ3v) is 7.03. The molecular weight excluding hydrogens is 398 g/mol. The molecule has 0 bridgehead atoms. The number of hydrogen-bond donors (Lipinski definition) is 1. The number of carbonyl (C=O) groups excluding carboxylic acids is 2. The van der Waals surface area contributed by atoms with Crippen molar-refractivity contribution in [2.75, 3.05) is 26.2 Å². The second-order valence-electron chi connectivity index (χ2n) is 9.34. The summed E-state index contributed by atoms with van der Waals surface area (Å²) in [5, 5.41) is 3.21. The average Bonchev–Trinajstić information content (AvgIpc) is 3.33. The molecule has 0 aromatic heterocycles. The molecule has 0 radical (unpaired) electrons. The number of hydrogen-bond acceptors (Lipinski definition) is 3. The van der Waals surface area contributed by atoms with Crippen molar-refractivity contribution in [2.24, 2.45) is 5.92 Å². The van der Waals surface area contributed by atoms with E-state index in [0.717, 1.165) is 42.6 Å². The van der Waals surface area contributed by atoms with Crippen molar-refractivity contribution >= 4 is 11.8 Å². The fourth-order valence-corrected chi connectivity index (χ4v) is 5.25. The Hall–Kier alpha value is -2.66. The molecule has 5 nitrogen and oxygen atoms in total. The smallest absolute Gasteiger partial charge is 0.254 e. The van der Waals surface area contributed by atoms with Gasteiger partial charge in [-0.25, -0.2) is 0 Å². The molecule has 2 aliphatic rings. The van der Waals surface area contributed by atoms with Gasteiger partial charge in [0, 0.05) is 38.3 Å². The van der Waals surface area contributed by atoms with E-state index in [4.69, 9.17) is 0 Å². The van der Waals surface area contributed by atoms with Gasteiger partial charge in [-0.15, -0.1) is 0 Å². The van der Waals surface area contributed by atoms with Crippen LogP contribution in [0.1, 0.15) is 52.7 Å². The maximum absolute atomic E-state index is 13.3. The van der Waals surface area contributed by atoms with Crippen LogP contribution in [0.3, 0.4) is 0 Å². The molecule has 1 heterocycles. The molecule has 1 N–H and O–H groups in total. The van der Waals surface area contributed by atoms with Gasteiger partial charge in [-0.2, -0.15) is 0 Å². The van der Waals surface area contributed by atoms with Crippen molar-refractivity contribution in [1.29, 1.82) is 0 Å². The van der Waals surface area contributed by atoms with Gasteiger partial charge < -0.3 is 10.2 Å². The number of nitrogens with one attached hydrogen (secondary N) is 1. The zero-order chi connectivity index (χ0) is 22.5. The topological polar surface area (TPSA) is 52.7 Å². The van der Waals surface area contributed by atoms with E-state index < -0.39 is 0 Å². The van der Waals surface area contributed by atoms with E-state index in [1.165, 1.54) is 18.4 Å². The first-order valence-corrected chi connectivity index (χ1v) is 11.9. The quantitative estimate of drug-likeness (QED) is 0.751. The van der Waals surface area contributed by atoms with Crippen LogP contribution in [0.25, 0.3) is 0 Å². The van der Waals surface area contributed by atoms with Crippen LogP contribution in [0.15, 0.2) is 48.5 Å². The minimum atomic E-state index is -0.0991. The summed E-state index contributed by atoms with van der Waals surface area (Å²) < 4.78 is 0. The van der Waals surface area contributed by atoms with Gasteiger partial charge in [-0.3, -0.25) is 14.5 Å². The third-order valence-electron chi connectivity index (χ3n) is 7.03. The molecule has 0 spiro atoms. The molecule has 2 aromatic carbocycles. The number of rotatable bonds is 6. The number of nitrogens with zero attached hydrogens (tertiary/aromatic N) is 2. The van der Waals surface area contributed by atoms with Gasteiger partial charge in [0.1, 0.15) is 0 Å². The molecule has 1 atom stereocenters. The Morgan fingerprint density at radius 2 is 1.69 bits per heavy atom. The summed E-state index contributed by atoms with van der Waals surface area (Å²) in [4.78, 5) is 30.6. The lowest BCUT2D eigenvalue weighted by molar-refractivity contribution is -0.129. The molecular formula is C27H35N3O2. The Morgan fingerprint density at radius 3 is 2.38 bits per heavy atom. The lowest BCUT2D eigenvalue weighted by Gasteiger charge is -2.41. The van der Waals surface area contributed by atoms with Gasteiger partial charge in [0.05, 0.1) is 6.04 Å². The summed E-state index contributed by atoms with van der Waals surface area (Å²) in [5.41, 5.74) is 4.14. The normalized spacial score (nSPS) is 18.5. The number of piperazine rings is 1. The van der Waals surface area contributed by atoms with Gasteiger partial charge >= 0.3 is 0 Å². The molecule has 1 saturated carbocycles. The summed E-state index contributed by atoms with van der Waals surface area (Å²) in [6.45, 7) is 7.45. The molecule has 4 rings (SSSR count). The van der Waals surface area contributed by atoms with Gasteiger partial charge in [-0.05, 0) is 49.8 Å². The van der Waals surface area contributed by atoms with Crippen molar-refractivity contribution < 1.29 is 9.59 Å². The lowest BCUT2D eigenvalue weighted by Crippen LogP contribution is -2.57. The number of carbonyl (C=O) groups is 2. The molecule has 1 unspecified atom stereocenters. The number of benzene rings is 2. The van der Waals surface area contributed by atoms with Crippen LogP contribution in [0.4, 0.5) is 0 Å². The van der Waals surface area contributed by atoms with Gasteiger partial charge in [-0.1, -0.05) is 60.9 Å². The fraction of sp³-hybridized carbons (Fsp3) is 0.481. The predicted octanol–water partition coefficient (Wildman–Crippen LogP) is 3.94. The van der Waals surface area contributed by atoms with E-state index in [2.05, 4.69) is 35.3 Å². The van der Waals surface area contributed by atoms with Crippen LogP contribution < -0.4 is 5.32 Å². The van der Waals surface area contributed by atoms with Crippen LogP contribution >= 0.6 is 0 Å². The maximum Gasteiger partial charge on any atom is 0.254 e. The minimum absolute atomic E-state index is 0.0991.